The molecule has 0 unspecified atom stereocenters. The van der Waals surface area contributed by atoms with Gasteiger partial charge in [-0.15, -0.1) is 11.3 Å². The average Bonchev–Trinajstić information content (AvgIpc) is 3.06. The van der Waals surface area contributed by atoms with Gasteiger partial charge in [-0.3, -0.25) is 15.1 Å². The first kappa shape index (κ1) is 20.3. The first-order valence-corrected chi connectivity index (χ1v) is 9.85. The molecule has 3 aromatic rings. The molecule has 0 saturated heterocycles. The van der Waals surface area contributed by atoms with Gasteiger partial charge < -0.3 is 0 Å². The van der Waals surface area contributed by atoms with E-state index in [1.54, 1.807) is 49.8 Å². The van der Waals surface area contributed by atoms with E-state index in [2.05, 4.69) is 10.1 Å². The zero-order valence-corrected chi connectivity index (χ0v) is 17.6. The lowest BCUT2D eigenvalue weighted by atomic mass is 10.1. The predicted octanol–water partition coefficient (Wildman–Crippen LogP) is 5.54. The highest BCUT2D eigenvalue weighted by molar-refractivity contribution is 7.07. The standard InChI is InChI=1S/C19H16Cl2N4O2S/c1-11-4-5-13(8-17(11)25(26)27)12(2)23-24-18(10-28-19(24)22-3)15-9-14(20)6-7-16(15)21/h4-10H,1-3H3. The fraction of sp³-hybridized carbons (Fsp3) is 0.158. The molecule has 3 rings (SSSR count). The van der Waals surface area contributed by atoms with Crippen LogP contribution in [0.1, 0.15) is 18.1 Å². The second kappa shape index (κ2) is 8.26. The Hall–Kier alpha value is -2.48. The van der Waals surface area contributed by atoms with Gasteiger partial charge in [-0.25, -0.2) is 4.68 Å². The van der Waals surface area contributed by atoms with Gasteiger partial charge in [-0.05, 0) is 32.0 Å². The first-order chi connectivity index (χ1) is 13.3. The Labute approximate surface area is 175 Å². The molecular weight excluding hydrogens is 419 g/mol. The van der Waals surface area contributed by atoms with Crippen molar-refractivity contribution in [1.82, 2.24) is 4.68 Å². The molecule has 0 radical (unpaired) electrons. The van der Waals surface area contributed by atoms with Crippen LogP contribution < -0.4 is 4.80 Å². The molecule has 0 bridgehead atoms. The minimum atomic E-state index is -0.395. The van der Waals surface area contributed by atoms with Crippen LogP contribution in [0.3, 0.4) is 0 Å². The van der Waals surface area contributed by atoms with Crippen molar-refractivity contribution in [3.63, 3.8) is 0 Å². The van der Waals surface area contributed by atoms with Crippen LogP contribution in [0, 0.1) is 17.0 Å². The maximum atomic E-state index is 11.2. The summed E-state index contributed by atoms with van der Waals surface area (Å²) >= 11 is 13.9. The average molecular weight is 435 g/mol. The molecule has 0 aliphatic rings. The van der Waals surface area contributed by atoms with Crippen LogP contribution in [0.4, 0.5) is 5.69 Å². The lowest BCUT2D eigenvalue weighted by Crippen LogP contribution is -2.14. The number of halogens is 2. The van der Waals surface area contributed by atoms with Crippen molar-refractivity contribution in [2.45, 2.75) is 13.8 Å². The van der Waals surface area contributed by atoms with Crippen LogP contribution in [-0.2, 0) is 0 Å². The summed E-state index contributed by atoms with van der Waals surface area (Å²) in [7, 11) is 1.67. The van der Waals surface area contributed by atoms with Crippen molar-refractivity contribution in [1.29, 1.82) is 0 Å². The molecule has 0 spiro atoms. The highest BCUT2D eigenvalue weighted by Gasteiger charge is 2.15. The Morgan fingerprint density at radius 2 is 1.96 bits per heavy atom. The molecule has 9 heteroatoms. The van der Waals surface area contributed by atoms with Gasteiger partial charge in [-0.2, -0.15) is 5.10 Å². The largest absolute Gasteiger partial charge is 0.272 e. The van der Waals surface area contributed by atoms with Crippen molar-refractivity contribution in [3.05, 3.63) is 77.9 Å². The summed E-state index contributed by atoms with van der Waals surface area (Å²) in [4.78, 5) is 15.8. The smallest absolute Gasteiger partial charge is 0.261 e. The summed E-state index contributed by atoms with van der Waals surface area (Å²) in [6.07, 6.45) is 0. The molecule has 28 heavy (non-hydrogen) atoms. The summed E-state index contributed by atoms with van der Waals surface area (Å²) < 4.78 is 1.67. The summed E-state index contributed by atoms with van der Waals surface area (Å²) in [5, 5.41) is 18.9. The van der Waals surface area contributed by atoms with Crippen molar-refractivity contribution >= 4 is 45.9 Å². The number of hydrogen-bond donors (Lipinski definition) is 0. The van der Waals surface area contributed by atoms with Gasteiger partial charge in [0.05, 0.1) is 21.4 Å². The van der Waals surface area contributed by atoms with Gasteiger partial charge in [0.1, 0.15) is 0 Å². The van der Waals surface area contributed by atoms with E-state index < -0.39 is 4.92 Å². The van der Waals surface area contributed by atoms with E-state index in [1.807, 2.05) is 11.4 Å². The normalized spacial score (nSPS) is 12.5. The molecular formula is C19H16Cl2N4O2S. The third-order valence-electron chi connectivity index (χ3n) is 4.15. The molecule has 0 aliphatic heterocycles. The number of aromatic nitrogens is 1. The Bertz CT molecular complexity index is 1160. The van der Waals surface area contributed by atoms with Crippen molar-refractivity contribution in [2.75, 3.05) is 7.05 Å². The van der Waals surface area contributed by atoms with Crippen LogP contribution in [0.15, 0.2) is 51.9 Å². The third-order valence-corrected chi connectivity index (χ3v) is 5.63. The summed E-state index contributed by atoms with van der Waals surface area (Å²) in [5.41, 5.74) is 3.38. The number of nitro benzene ring substituents is 1. The fourth-order valence-corrected chi connectivity index (χ4v) is 3.84. The zero-order chi connectivity index (χ0) is 20.4. The molecule has 0 fully saturated rings. The Kier molecular flexibility index (Phi) is 5.98. The molecule has 0 saturated carbocycles. The predicted molar refractivity (Wildman–Crippen MR) is 115 cm³/mol. The van der Waals surface area contributed by atoms with E-state index in [-0.39, 0.29) is 5.69 Å². The topological polar surface area (TPSA) is 72.8 Å². The number of rotatable bonds is 4. The van der Waals surface area contributed by atoms with E-state index in [0.29, 0.717) is 31.7 Å². The SMILES string of the molecule is CN=c1scc(-c2cc(Cl)ccc2Cl)n1N=C(C)c1ccc(C)c([N+](=O)[O-])c1. The van der Waals surface area contributed by atoms with E-state index in [4.69, 9.17) is 23.2 Å². The van der Waals surface area contributed by atoms with Crippen LogP contribution in [-0.4, -0.2) is 22.4 Å². The van der Waals surface area contributed by atoms with E-state index in [1.165, 1.54) is 17.4 Å². The van der Waals surface area contributed by atoms with Crippen molar-refractivity contribution in [2.24, 2.45) is 10.1 Å². The second-order valence-corrected chi connectivity index (χ2v) is 7.69. The van der Waals surface area contributed by atoms with E-state index in [0.717, 1.165) is 11.3 Å². The number of hydrogen-bond acceptors (Lipinski definition) is 5. The Morgan fingerprint density at radius 3 is 2.64 bits per heavy atom. The van der Waals surface area contributed by atoms with Crippen LogP contribution >= 0.6 is 34.5 Å². The molecule has 0 N–H and O–H groups in total. The van der Waals surface area contributed by atoms with Gasteiger partial charge in [-0.1, -0.05) is 35.3 Å². The Morgan fingerprint density at radius 1 is 1.21 bits per heavy atom. The number of aryl methyl sites for hydroxylation is 1. The third kappa shape index (κ3) is 4.01. The fourth-order valence-electron chi connectivity index (χ4n) is 2.67. The maximum absolute atomic E-state index is 11.2. The highest BCUT2D eigenvalue weighted by Crippen LogP contribution is 2.31. The first-order valence-electron chi connectivity index (χ1n) is 8.21. The van der Waals surface area contributed by atoms with Crippen LogP contribution in [0.2, 0.25) is 10.0 Å². The number of thiazole rings is 1. The van der Waals surface area contributed by atoms with Crippen molar-refractivity contribution < 1.29 is 4.92 Å². The summed E-state index contributed by atoms with van der Waals surface area (Å²) in [5.74, 6) is 0. The van der Waals surface area contributed by atoms with Gasteiger partial charge >= 0.3 is 0 Å². The summed E-state index contributed by atoms with van der Waals surface area (Å²) in [6.45, 7) is 3.50. The lowest BCUT2D eigenvalue weighted by molar-refractivity contribution is -0.385. The van der Waals surface area contributed by atoms with Crippen molar-refractivity contribution in [3.8, 4) is 11.3 Å². The van der Waals surface area contributed by atoms with Gasteiger partial charge in [0.25, 0.3) is 5.69 Å². The maximum Gasteiger partial charge on any atom is 0.272 e. The number of nitrogens with zero attached hydrogens (tertiary/aromatic N) is 4. The highest BCUT2D eigenvalue weighted by atomic mass is 35.5. The van der Waals surface area contributed by atoms with Gasteiger partial charge in [0, 0.05) is 40.2 Å². The minimum Gasteiger partial charge on any atom is -0.261 e. The number of nitro groups is 1. The lowest BCUT2D eigenvalue weighted by Gasteiger charge is -2.08. The van der Waals surface area contributed by atoms with E-state index in [9.17, 15) is 10.1 Å². The molecule has 0 atom stereocenters. The summed E-state index contributed by atoms with van der Waals surface area (Å²) in [6, 6.07) is 10.3. The van der Waals surface area contributed by atoms with Gasteiger partial charge in [0.15, 0.2) is 0 Å². The Balaban J connectivity index is 2.17. The number of benzene rings is 2. The van der Waals surface area contributed by atoms with Gasteiger partial charge in [0.2, 0.25) is 4.80 Å². The molecule has 0 aliphatic carbocycles. The minimum absolute atomic E-state index is 0.0564. The molecule has 6 nitrogen and oxygen atoms in total. The molecule has 1 heterocycles. The van der Waals surface area contributed by atoms with E-state index >= 15 is 0 Å². The zero-order valence-electron chi connectivity index (χ0n) is 15.3. The molecule has 1 aromatic heterocycles. The second-order valence-electron chi connectivity index (χ2n) is 6.01. The molecule has 144 valence electrons. The monoisotopic (exact) mass is 434 g/mol. The van der Waals surface area contributed by atoms with Crippen LogP contribution in [0.25, 0.3) is 11.3 Å². The quantitative estimate of drug-likeness (QED) is 0.307. The molecule has 2 aromatic carbocycles. The van der Waals surface area contributed by atoms with Crippen LogP contribution in [0.5, 0.6) is 0 Å². The molecule has 0 amide bonds.